The Hall–Kier alpha value is -0.870. The summed E-state index contributed by atoms with van der Waals surface area (Å²) >= 11 is 0. The van der Waals surface area contributed by atoms with Crippen LogP contribution in [0.5, 0.6) is 0 Å². The van der Waals surface area contributed by atoms with Crippen molar-refractivity contribution in [1.29, 1.82) is 0 Å². The molecule has 4 nitrogen and oxygen atoms in total. The number of nitrogens with one attached hydrogen (secondary N) is 1. The highest BCUT2D eigenvalue weighted by Gasteiger charge is 2.35. The number of nitrogens with zero attached hydrogens (tertiary/aromatic N) is 2. The summed E-state index contributed by atoms with van der Waals surface area (Å²) in [5, 5.41) is 8.34. The van der Waals surface area contributed by atoms with Gasteiger partial charge in [-0.25, -0.2) is 0 Å². The van der Waals surface area contributed by atoms with E-state index in [4.69, 9.17) is 4.74 Å². The molecule has 0 aromatic carbocycles. The summed E-state index contributed by atoms with van der Waals surface area (Å²) in [6.07, 6.45) is 7.19. The fourth-order valence-electron chi connectivity index (χ4n) is 3.16. The van der Waals surface area contributed by atoms with E-state index in [9.17, 15) is 0 Å². The van der Waals surface area contributed by atoms with Crippen LogP contribution in [0, 0.1) is 5.41 Å². The number of rotatable bonds is 6. The quantitative estimate of drug-likeness (QED) is 0.865. The SMILES string of the molecule is CCc1cc(CC2(CNC3CC3)CCOCC2)n(C)n1. The summed E-state index contributed by atoms with van der Waals surface area (Å²) < 4.78 is 7.67. The lowest BCUT2D eigenvalue weighted by molar-refractivity contribution is 0.0139. The zero-order valence-electron chi connectivity index (χ0n) is 12.8. The van der Waals surface area contributed by atoms with Gasteiger partial charge in [0.05, 0.1) is 5.69 Å². The largest absolute Gasteiger partial charge is 0.381 e. The maximum atomic E-state index is 5.59. The summed E-state index contributed by atoms with van der Waals surface area (Å²) in [6.45, 7) is 5.12. The monoisotopic (exact) mass is 277 g/mol. The molecule has 1 N–H and O–H groups in total. The van der Waals surface area contributed by atoms with E-state index in [2.05, 4.69) is 35.1 Å². The molecule has 2 heterocycles. The fourth-order valence-corrected chi connectivity index (χ4v) is 3.16. The fraction of sp³-hybridized carbons (Fsp3) is 0.812. The maximum Gasteiger partial charge on any atom is 0.0624 e. The van der Waals surface area contributed by atoms with Crippen LogP contribution in [0.3, 0.4) is 0 Å². The van der Waals surface area contributed by atoms with Gasteiger partial charge < -0.3 is 10.1 Å². The van der Waals surface area contributed by atoms with Crippen LogP contribution in [0.4, 0.5) is 0 Å². The van der Waals surface area contributed by atoms with Crippen LogP contribution < -0.4 is 5.32 Å². The number of hydrogen-bond acceptors (Lipinski definition) is 3. The van der Waals surface area contributed by atoms with Crippen molar-refractivity contribution in [2.45, 2.75) is 51.5 Å². The lowest BCUT2D eigenvalue weighted by Gasteiger charge is -2.37. The summed E-state index contributed by atoms with van der Waals surface area (Å²) in [5.74, 6) is 0. The predicted molar refractivity (Wildman–Crippen MR) is 79.8 cm³/mol. The molecule has 0 atom stereocenters. The van der Waals surface area contributed by atoms with E-state index >= 15 is 0 Å². The third kappa shape index (κ3) is 3.23. The Morgan fingerprint density at radius 2 is 2.15 bits per heavy atom. The van der Waals surface area contributed by atoms with E-state index < -0.39 is 0 Å². The van der Waals surface area contributed by atoms with Gasteiger partial charge in [0.1, 0.15) is 0 Å². The topological polar surface area (TPSA) is 39.1 Å². The minimum atomic E-state index is 0.361. The maximum absolute atomic E-state index is 5.59. The first-order chi connectivity index (χ1) is 9.71. The second-order valence-electron chi connectivity index (χ2n) is 6.55. The first kappa shape index (κ1) is 14.1. The predicted octanol–water partition coefficient (Wildman–Crippen LogP) is 2.07. The van der Waals surface area contributed by atoms with Crippen LogP contribution in [0.25, 0.3) is 0 Å². The molecule has 0 radical (unpaired) electrons. The van der Waals surface area contributed by atoms with Crippen molar-refractivity contribution in [2.75, 3.05) is 19.8 Å². The van der Waals surface area contributed by atoms with E-state index in [-0.39, 0.29) is 0 Å². The van der Waals surface area contributed by atoms with Crippen LogP contribution in [0.15, 0.2) is 6.07 Å². The molecule has 0 spiro atoms. The lowest BCUT2D eigenvalue weighted by atomic mass is 9.76. The van der Waals surface area contributed by atoms with Gasteiger partial charge in [-0.3, -0.25) is 4.68 Å². The minimum Gasteiger partial charge on any atom is -0.381 e. The molecule has 2 aliphatic rings. The number of aromatic nitrogens is 2. The van der Waals surface area contributed by atoms with Gasteiger partial charge in [0.15, 0.2) is 0 Å². The Morgan fingerprint density at radius 1 is 1.40 bits per heavy atom. The van der Waals surface area contributed by atoms with Gasteiger partial charge in [0.2, 0.25) is 0 Å². The molecule has 1 aromatic rings. The Balaban J connectivity index is 1.71. The Labute approximate surface area is 121 Å². The van der Waals surface area contributed by atoms with Crippen LogP contribution in [0.1, 0.15) is 44.0 Å². The molecule has 1 aliphatic heterocycles. The Kier molecular flexibility index (Phi) is 4.13. The average molecular weight is 277 g/mol. The molecule has 0 amide bonds. The lowest BCUT2D eigenvalue weighted by Crippen LogP contribution is -2.41. The molecule has 3 rings (SSSR count). The van der Waals surface area contributed by atoms with Gasteiger partial charge in [0, 0.05) is 38.5 Å². The number of aryl methyl sites for hydroxylation is 2. The van der Waals surface area contributed by atoms with Crippen molar-refractivity contribution >= 4 is 0 Å². The van der Waals surface area contributed by atoms with Gasteiger partial charge in [-0.05, 0) is 50.0 Å². The first-order valence-corrected chi connectivity index (χ1v) is 8.04. The van der Waals surface area contributed by atoms with Gasteiger partial charge in [-0.15, -0.1) is 0 Å². The zero-order chi connectivity index (χ0) is 14.0. The summed E-state index contributed by atoms with van der Waals surface area (Å²) in [6, 6.07) is 3.07. The highest BCUT2D eigenvalue weighted by molar-refractivity contribution is 5.13. The second-order valence-corrected chi connectivity index (χ2v) is 6.55. The van der Waals surface area contributed by atoms with Crippen molar-refractivity contribution in [1.82, 2.24) is 15.1 Å². The van der Waals surface area contributed by atoms with Crippen molar-refractivity contribution in [2.24, 2.45) is 12.5 Å². The van der Waals surface area contributed by atoms with Gasteiger partial charge in [-0.2, -0.15) is 5.10 Å². The third-order valence-electron chi connectivity index (χ3n) is 4.84. The smallest absolute Gasteiger partial charge is 0.0624 e. The molecule has 0 unspecified atom stereocenters. The van der Waals surface area contributed by atoms with E-state index in [1.165, 1.54) is 37.1 Å². The van der Waals surface area contributed by atoms with Crippen LogP contribution in [-0.4, -0.2) is 35.6 Å². The molecule has 1 aromatic heterocycles. The van der Waals surface area contributed by atoms with Gasteiger partial charge >= 0.3 is 0 Å². The molecule has 1 aliphatic carbocycles. The molecular formula is C16H27N3O. The van der Waals surface area contributed by atoms with E-state index in [0.717, 1.165) is 38.6 Å². The zero-order valence-corrected chi connectivity index (χ0v) is 12.8. The Morgan fingerprint density at radius 3 is 2.75 bits per heavy atom. The summed E-state index contributed by atoms with van der Waals surface area (Å²) in [4.78, 5) is 0. The minimum absolute atomic E-state index is 0.361. The average Bonchev–Trinajstić information content (AvgIpc) is 3.23. The molecular weight excluding hydrogens is 250 g/mol. The molecule has 2 fully saturated rings. The molecule has 0 bridgehead atoms. The first-order valence-electron chi connectivity index (χ1n) is 8.04. The van der Waals surface area contributed by atoms with Gasteiger partial charge in [-0.1, -0.05) is 6.92 Å². The van der Waals surface area contributed by atoms with Crippen LogP contribution >= 0.6 is 0 Å². The molecule has 112 valence electrons. The van der Waals surface area contributed by atoms with E-state index in [1.807, 2.05) is 0 Å². The molecule has 20 heavy (non-hydrogen) atoms. The standard InChI is InChI=1S/C16H27N3O/c1-3-13-10-15(19(2)18-13)11-16(6-8-20-9-7-16)12-17-14-4-5-14/h10,14,17H,3-9,11-12H2,1-2H3. The van der Waals surface area contributed by atoms with Gasteiger partial charge in [0.25, 0.3) is 0 Å². The highest BCUT2D eigenvalue weighted by atomic mass is 16.5. The van der Waals surface area contributed by atoms with Crippen molar-refractivity contribution in [3.63, 3.8) is 0 Å². The second kappa shape index (κ2) is 5.86. The normalized spacial score (nSPS) is 22.1. The van der Waals surface area contributed by atoms with Crippen molar-refractivity contribution in [3.8, 4) is 0 Å². The number of ether oxygens (including phenoxy) is 1. The Bertz CT molecular complexity index is 445. The van der Waals surface area contributed by atoms with Crippen LogP contribution in [0.2, 0.25) is 0 Å². The third-order valence-corrected chi connectivity index (χ3v) is 4.84. The number of hydrogen-bond donors (Lipinski definition) is 1. The molecule has 4 heteroatoms. The van der Waals surface area contributed by atoms with Crippen LogP contribution in [-0.2, 0) is 24.6 Å². The molecule has 1 saturated carbocycles. The van der Waals surface area contributed by atoms with E-state index in [1.54, 1.807) is 0 Å². The highest BCUT2D eigenvalue weighted by Crippen LogP contribution is 2.35. The molecule has 1 saturated heterocycles. The van der Waals surface area contributed by atoms with Crippen molar-refractivity contribution in [3.05, 3.63) is 17.5 Å². The summed E-state index contributed by atoms with van der Waals surface area (Å²) in [7, 11) is 2.08. The van der Waals surface area contributed by atoms with E-state index in [0.29, 0.717) is 5.41 Å². The summed E-state index contributed by atoms with van der Waals surface area (Å²) in [5.41, 5.74) is 2.95. The van der Waals surface area contributed by atoms with Crippen molar-refractivity contribution < 1.29 is 4.74 Å².